The number of carbonyl (C=O) groups excluding carboxylic acids is 1. The molecule has 0 aliphatic carbocycles. The van der Waals surface area contributed by atoms with Crippen molar-refractivity contribution in [1.29, 1.82) is 0 Å². The first-order valence-electron chi connectivity index (χ1n) is 11.1. The van der Waals surface area contributed by atoms with E-state index < -0.39 is 0 Å². The number of rotatable bonds is 14. The van der Waals surface area contributed by atoms with E-state index in [-0.39, 0.29) is 17.1 Å². The Morgan fingerprint density at radius 2 is 1.46 bits per heavy atom. The van der Waals surface area contributed by atoms with Crippen molar-refractivity contribution in [3.05, 3.63) is 23.8 Å². The van der Waals surface area contributed by atoms with Gasteiger partial charge in [-0.05, 0) is 17.9 Å². The largest absolute Gasteiger partial charge is 0.504 e. The monoisotopic (exact) mass is 391 g/mol. The second-order valence-electron chi connectivity index (χ2n) is 8.82. The van der Waals surface area contributed by atoms with Gasteiger partial charge in [0.1, 0.15) is 0 Å². The number of unbranched alkanes of at least 4 members (excludes halogenated alkanes) is 10. The average Bonchev–Trinajstić information content (AvgIpc) is 2.64. The Balaban J connectivity index is 2.12. The van der Waals surface area contributed by atoms with E-state index >= 15 is 0 Å². The number of benzene rings is 1. The van der Waals surface area contributed by atoms with Crippen molar-refractivity contribution in [2.45, 2.75) is 110 Å². The van der Waals surface area contributed by atoms with Crippen LogP contribution in [0.2, 0.25) is 0 Å². The number of phenols is 1. The fraction of sp³-hybridized carbons (Fsp3) is 0.708. The van der Waals surface area contributed by atoms with Gasteiger partial charge in [0.05, 0.1) is 0 Å². The van der Waals surface area contributed by atoms with Crippen LogP contribution in [0.5, 0.6) is 11.5 Å². The first-order chi connectivity index (χ1) is 13.4. The minimum absolute atomic E-state index is 0.0880. The Kier molecular flexibility index (Phi) is 11.7. The Hall–Kier alpha value is -1.71. The second kappa shape index (κ2) is 13.5. The molecule has 4 heteroatoms. The molecule has 0 aliphatic rings. The van der Waals surface area contributed by atoms with Gasteiger partial charge < -0.3 is 9.94 Å². The highest BCUT2D eigenvalue weighted by molar-refractivity contribution is 5.75. The molecule has 160 valence electrons. The smallest absolute Gasteiger partial charge is 0.252 e. The Morgan fingerprint density at radius 3 is 2.00 bits per heavy atom. The summed E-state index contributed by atoms with van der Waals surface area (Å²) < 4.78 is 0. The molecule has 0 saturated heterocycles. The fourth-order valence-electron chi connectivity index (χ4n) is 3.32. The summed E-state index contributed by atoms with van der Waals surface area (Å²) in [7, 11) is 0. The van der Waals surface area contributed by atoms with E-state index in [9.17, 15) is 9.90 Å². The van der Waals surface area contributed by atoms with Gasteiger partial charge in [-0.15, -0.1) is 0 Å². The van der Waals surface area contributed by atoms with Crippen LogP contribution in [-0.2, 0) is 10.2 Å². The summed E-state index contributed by atoms with van der Waals surface area (Å²) in [5, 5.41) is 10.3. The highest BCUT2D eigenvalue weighted by Crippen LogP contribution is 2.36. The number of hydrogen-bond donors (Lipinski definition) is 2. The molecule has 0 aromatic heterocycles. The van der Waals surface area contributed by atoms with Gasteiger partial charge in [0.25, 0.3) is 5.91 Å². The highest BCUT2D eigenvalue weighted by atomic mass is 16.7. The summed E-state index contributed by atoms with van der Waals surface area (Å²) in [5.74, 6) is 0.237. The van der Waals surface area contributed by atoms with Crippen LogP contribution in [-0.4, -0.2) is 11.0 Å². The number of para-hydroxylation sites is 1. The second-order valence-corrected chi connectivity index (χ2v) is 8.82. The number of nitrogens with one attached hydrogen (secondary N) is 1. The van der Waals surface area contributed by atoms with Crippen LogP contribution in [0.3, 0.4) is 0 Å². The number of phenolic OH excluding ortho intramolecular Hbond substituents is 1. The van der Waals surface area contributed by atoms with Crippen LogP contribution in [0.25, 0.3) is 0 Å². The molecule has 0 saturated carbocycles. The van der Waals surface area contributed by atoms with Crippen molar-refractivity contribution in [1.82, 2.24) is 5.48 Å². The van der Waals surface area contributed by atoms with Crippen molar-refractivity contribution in [3.8, 4) is 11.5 Å². The fourth-order valence-corrected chi connectivity index (χ4v) is 3.32. The maximum absolute atomic E-state index is 12.0. The van der Waals surface area contributed by atoms with Crippen LogP contribution in [0, 0.1) is 0 Å². The van der Waals surface area contributed by atoms with Gasteiger partial charge in [0.15, 0.2) is 11.5 Å². The summed E-state index contributed by atoms with van der Waals surface area (Å²) >= 11 is 0. The molecule has 0 unspecified atom stereocenters. The first-order valence-corrected chi connectivity index (χ1v) is 11.1. The maximum atomic E-state index is 12.0. The minimum Gasteiger partial charge on any atom is -0.504 e. The molecule has 2 N–H and O–H groups in total. The summed E-state index contributed by atoms with van der Waals surface area (Å²) in [6.45, 7) is 8.32. The molecule has 1 amide bonds. The van der Waals surface area contributed by atoms with E-state index in [0.29, 0.717) is 12.2 Å². The molecule has 0 aliphatic heterocycles. The van der Waals surface area contributed by atoms with E-state index in [0.717, 1.165) is 18.4 Å². The average molecular weight is 392 g/mol. The molecule has 0 fully saturated rings. The summed E-state index contributed by atoms with van der Waals surface area (Å²) in [6.07, 6.45) is 14.3. The maximum Gasteiger partial charge on any atom is 0.252 e. The first kappa shape index (κ1) is 24.3. The van der Waals surface area contributed by atoms with Gasteiger partial charge >= 0.3 is 0 Å². The topological polar surface area (TPSA) is 58.6 Å². The summed E-state index contributed by atoms with van der Waals surface area (Å²) in [5.41, 5.74) is 3.06. The van der Waals surface area contributed by atoms with Crippen molar-refractivity contribution in [3.63, 3.8) is 0 Å². The molecule has 1 rings (SSSR count). The zero-order chi connectivity index (χ0) is 20.8. The van der Waals surface area contributed by atoms with Crippen molar-refractivity contribution in [2.24, 2.45) is 0 Å². The van der Waals surface area contributed by atoms with Crippen LogP contribution < -0.4 is 10.3 Å². The number of hydroxylamine groups is 1. The van der Waals surface area contributed by atoms with Crippen LogP contribution in [0.4, 0.5) is 0 Å². The predicted molar refractivity (Wildman–Crippen MR) is 117 cm³/mol. The van der Waals surface area contributed by atoms with E-state index in [4.69, 9.17) is 4.84 Å². The molecule has 1 aromatic carbocycles. The third-order valence-corrected chi connectivity index (χ3v) is 5.09. The number of amides is 1. The number of aromatic hydroxyl groups is 1. The molecule has 0 spiro atoms. The van der Waals surface area contributed by atoms with Crippen molar-refractivity contribution < 1.29 is 14.7 Å². The van der Waals surface area contributed by atoms with Gasteiger partial charge in [-0.2, -0.15) is 5.48 Å². The number of hydrogen-bond acceptors (Lipinski definition) is 3. The number of carbonyl (C=O) groups is 1. The Morgan fingerprint density at radius 1 is 0.929 bits per heavy atom. The van der Waals surface area contributed by atoms with E-state index in [1.807, 2.05) is 32.9 Å². The lowest BCUT2D eigenvalue weighted by Gasteiger charge is -2.21. The zero-order valence-electron chi connectivity index (χ0n) is 18.5. The lowest BCUT2D eigenvalue weighted by molar-refractivity contribution is -0.127. The third-order valence-electron chi connectivity index (χ3n) is 5.09. The molecule has 4 nitrogen and oxygen atoms in total. The van der Waals surface area contributed by atoms with E-state index in [2.05, 4.69) is 12.4 Å². The molecule has 0 heterocycles. The van der Waals surface area contributed by atoms with Crippen molar-refractivity contribution >= 4 is 5.91 Å². The Labute approximate surface area is 172 Å². The van der Waals surface area contributed by atoms with Gasteiger partial charge in [-0.3, -0.25) is 4.79 Å². The molecule has 1 aromatic rings. The molecular formula is C24H41NO3. The van der Waals surface area contributed by atoms with Crippen LogP contribution >= 0.6 is 0 Å². The molecular weight excluding hydrogens is 350 g/mol. The lowest BCUT2D eigenvalue weighted by Crippen LogP contribution is -2.26. The zero-order valence-corrected chi connectivity index (χ0v) is 18.5. The lowest BCUT2D eigenvalue weighted by atomic mass is 9.86. The van der Waals surface area contributed by atoms with Crippen molar-refractivity contribution in [2.75, 3.05) is 0 Å². The van der Waals surface area contributed by atoms with Gasteiger partial charge in [-0.1, -0.05) is 104 Å². The van der Waals surface area contributed by atoms with Gasteiger partial charge in [0, 0.05) is 12.0 Å². The van der Waals surface area contributed by atoms with Crippen LogP contribution in [0.1, 0.15) is 110 Å². The quantitative estimate of drug-likeness (QED) is 0.271. The molecule has 0 radical (unpaired) electrons. The van der Waals surface area contributed by atoms with Crippen LogP contribution in [0.15, 0.2) is 18.2 Å². The summed E-state index contributed by atoms with van der Waals surface area (Å²) in [6, 6.07) is 5.36. The molecule has 28 heavy (non-hydrogen) atoms. The molecule has 0 bridgehead atoms. The standard InChI is InChI=1S/C24H41NO3/c1-5-6-7-8-9-10-11-12-13-14-15-19-22(26)25-28-21-18-16-17-20(23(21)27)24(2,3)4/h16-18,27H,5-15,19H2,1-4H3,(H,25,26). The Bertz CT molecular complexity index is 563. The SMILES string of the molecule is CCCCCCCCCCCCCC(=O)NOc1cccc(C(C)(C)C)c1O. The molecule has 0 atom stereocenters. The highest BCUT2D eigenvalue weighted by Gasteiger charge is 2.20. The summed E-state index contributed by atoms with van der Waals surface area (Å²) in [4.78, 5) is 17.3. The van der Waals surface area contributed by atoms with Gasteiger partial charge in [0.2, 0.25) is 0 Å². The van der Waals surface area contributed by atoms with E-state index in [1.54, 1.807) is 6.07 Å². The third kappa shape index (κ3) is 10.0. The predicted octanol–water partition coefficient (Wildman–Crippen LogP) is 6.80. The minimum atomic E-state index is -0.191. The van der Waals surface area contributed by atoms with Gasteiger partial charge in [-0.25, -0.2) is 0 Å². The normalized spacial score (nSPS) is 11.4. The van der Waals surface area contributed by atoms with E-state index in [1.165, 1.54) is 57.8 Å².